The van der Waals surface area contributed by atoms with Crippen molar-refractivity contribution in [2.24, 2.45) is 5.92 Å². The highest BCUT2D eigenvalue weighted by Gasteiger charge is 2.43. The Balaban J connectivity index is 1.89. The molecule has 0 aliphatic carbocycles. The number of nitrogens with zero attached hydrogens (tertiary/aromatic N) is 5. The van der Waals surface area contributed by atoms with Crippen LogP contribution < -0.4 is 4.90 Å². The van der Waals surface area contributed by atoms with E-state index in [1.807, 2.05) is 0 Å². The molecule has 0 saturated heterocycles. The lowest BCUT2D eigenvalue weighted by molar-refractivity contribution is -0.170. The first-order valence-electron chi connectivity index (χ1n) is 10.1. The summed E-state index contributed by atoms with van der Waals surface area (Å²) in [7, 11) is 0. The third kappa shape index (κ3) is 4.55. The topological polar surface area (TPSA) is 63.4 Å². The fraction of sp³-hybridized carbons (Fsp3) is 0.217. The summed E-state index contributed by atoms with van der Waals surface area (Å²) in [6.45, 7) is 3.26. The number of hydrogen-bond acceptors (Lipinski definition) is 4. The molecule has 0 N–H and O–H groups in total. The molecule has 3 aromatic heterocycles. The average Bonchev–Trinajstić information content (AvgIpc) is 3.16. The Morgan fingerprint density at radius 2 is 1.79 bits per heavy atom. The zero-order valence-corrected chi connectivity index (χ0v) is 17.7. The number of imidazole rings is 1. The molecule has 0 unspecified atom stereocenters. The van der Waals surface area contributed by atoms with Crippen LogP contribution in [0.25, 0.3) is 28.2 Å². The first kappa shape index (κ1) is 22.4. The zero-order valence-electron chi connectivity index (χ0n) is 17.7. The highest BCUT2D eigenvalue weighted by molar-refractivity contribution is 5.97. The van der Waals surface area contributed by atoms with Gasteiger partial charge >= 0.3 is 12.1 Å². The Kier molecular flexibility index (Phi) is 5.84. The first-order chi connectivity index (χ1) is 15.6. The number of aromatic nitrogens is 4. The molecule has 170 valence electrons. The van der Waals surface area contributed by atoms with Gasteiger partial charge in [-0.15, -0.1) is 0 Å². The maximum Gasteiger partial charge on any atom is 0.471 e. The number of benzene rings is 1. The summed E-state index contributed by atoms with van der Waals surface area (Å²) >= 11 is 0. The molecule has 1 aromatic carbocycles. The molecule has 0 bridgehead atoms. The van der Waals surface area contributed by atoms with Crippen LogP contribution in [-0.2, 0) is 4.79 Å². The van der Waals surface area contributed by atoms with Crippen molar-refractivity contribution in [1.82, 2.24) is 19.6 Å². The van der Waals surface area contributed by atoms with Crippen molar-refractivity contribution in [3.05, 3.63) is 66.7 Å². The lowest BCUT2D eigenvalue weighted by Crippen LogP contribution is -2.43. The van der Waals surface area contributed by atoms with Crippen LogP contribution in [0, 0.1) is 11.7 Å². The second-order valence-corrected chi connectivity index (χ2v) is 7.82. The van der Waals surface area contributed by atoms with Gasteiger partial charge in [-0.05, 0) is 54.4 Å². The number of carbonyl (C=O) groups excluding carboxylic acids is 1. The molecular weight excluding hydrogens is 438 g/mol. The van der Waals surface area contributed by atoms with Crippen LogP contribution in [-0.4, -0.2) is 38.2 Å². The van der Waals surface area contributed by atoms with Crippen LogP contribution in [0.3, 0.4) is 0 Å². The van der Waals surface area contributed by atoms with Gasteiger partial charge in [-0.25, -0.2) is 18.9 Å². The molecular formula is C23H19F4N5O. The van der Waals surface area contributed by atoms with Crippen LogP contribution in [0.5, 0.6) is 0 Å². The van der Waals surface area contributed by atoms with Gasteiger partial charge in [0.15, 0.2) is 5.65 Å². The largest absolute Gasteiger partial charge is 0.471 e. The third-order valence-electron chi connectivity index (χ3n) is 4.84. The highest BCUT2D eigenvalue weighted by atomic mass is 19.4. The number of pyridine rings is 1. The van der Waals surface area contributed by atoms with Crippen molar-refractivity contribution in [3.8, 4) is 22.5 Å². The summed E-state index contributed by atoms with van der Waals surface area (Å²) in [5.41, 5.74) is 2.48. The number of carbonyl (C=O) groups is 1. The van der Waals surface area contributed by atoms with Gasteiger partial charge in [-0.1, -0.05) is 13.8 Å². The summed E-state index contributed by atoms with van der Waals surface area (Å²) in [6, 6.07) is 12.1. The van der Waals surface area contributed by atoms with Crippen molar-refractivity contribution in [3.63, 3.8) is 0 Å². The molecule has 4 aromatic rings. The second kappa shape index (κ2) is 8.61. The number of alkyl halides is 3. The van der Waals surface area contributed by atoms with Gasteiger partial charge in [-0.2, -0.15) is 18.3 Å². The van der Waals surface area contributed by atoms with Gasteiger partial charge in [0.25, 0.3) is 0 Å². The van der Waals surface area contributed by atoms with Crippen LogP contribution in [0.15, 0.2) is 60.9 Å². The highest BCUT2D eigenvalue weighted by Crippen LogP contribution is 2.34. The van der Waals surface area contributed by atoms with E-state index in [-0.39, 0.29) is 18.3 Å². The van der Waals surface area contributed by atoms with Gasteiger partial charge in [0.1, 0.15) is 17.3 Å². The predicted molar refractivity (Wildman–Crippen MR) is 115 cm³/mol. The molecule has 0 fully saturated rings. The zero-order chi connectivity index (χ0) is 23.8. The lowest BCUT2D eigenvalue weighted by atomic mass is 10.1. The lowest BCUT2D eigenvalue weighted by Gasteiger charge is -2.25. The van der Waals surface area contributed by atoms with E-state index in [9.17, 15) is 22.4 Å². The average molecular weight is 457 g/mol. The van der Waals surface area contributed by atoms with E-state index in [0.717, 1.165) is 0 Å². The van der Waals surface area contributed by atoms with Gasteiger partial charge in [0.2, 0.25) is 0 Å². The van der Waals surface area contributed by atoms with Crippen molar-refractivity contribution in [1.29, 1.82) is 0 Å². The molecule has 10 heteroatoms. The van der Waals surface area contributed by atoms with Crippen molar-refractivity contribution >= 4 is 17.4 Å². The van der Waals surface area contributed by atoms with Gasteiger partial charge < -0.3 is 0 Å². The molecule has 3 heterocycles. The Hall–Kier alpha value is -3.82. The minimum atomic E-state index is -5.04. The second-order valence-electron chi connectivity index (χ2n) is 7.82. The molecule has 0 saturated carbocycles. The van der Waals surface area contributed by atoms with Crippen molar-refractivity contribution in [2.75, 3.05) is 11.4 Å². The van der Waals surface area contributed by atoms with Gasteiger partial charge in [0.05, 0.1) is 5.69 Å². The van der Waals surface area contributed by atoms with E-state index in [0.29, 0.717) is 33.1 Å². The molecule has 33 heavy (non-hydrogen) atoms. The normalized spacial score (nSPS) is 11.8. The van der Waals surface area contributed by atoms with Crippen LogP contribution in [0.1, 0.15) is 13.8 Å². The van der Waals surface area contributed by atoms with Crippen LogP contribution in [0.2, 0.25) is 0 Å². The van der Waals surface area contributed by atoms with Gasteiger partial charge in [0, 0.05) is 30.1 Å². The molecule has 0 radical (unpaired) electrons. The number of anilines is 1. The minimum absolute atomic E-state index is 0.139. The molecule has 4 rings (SSSR count). The Labute approximate surface area is 186 Å². The van der Waals surface area contributed by atoms with E-state index < -0.39 is 17.9 Å². The fourth-order valence-corrected chi connectivity index (χ4v) is 3.47. The number of amides is 1. The fourth-order valence-electron chi connectivity index (χ4n) is 3.47. The van der Waals surface area contributed by atoms with Crippen LogP contribution >= 0.6 is 0 Å². The first-order valence-corrected chi connectivity index (χ1v) is 10.1. The quantitative estimate of drug-likeness (QED) is 0.389. The smallest absolute Gasteiger partial charge is 0.289 e. The Morgan fingerprint density at radius 1 is 1.06 bits per heavy atom. The van der Waals surface area contributed by atoms with E-state index in [1.165, 1.54) is 28.9 Å². The van der Waals surface area contributed by atoms with E-state index >= 15 is 0 Å². The molecule has 0 spiro atoms. The molecule has 6 nitrogen and oxygen atoms in total. The monoisotopic (exact) mass is 457 g/mol. The van der Waals surface area contributed by atoms with Gasteiger partial charge in [-0.3, -0.25) is 9.69 Å². The maximum atomic E-state index is 13.5. The molecule has 1 amide bonds. The summed E-state index contributed by atoms with van der Waals surface area (Å²) in [5.74, 6) is -2.77. The predicted octanol–water partition coefficient (Wildman–Crippen LogP) is 5.15. The third-order valence-corrected chi connectivity index (χ3v) is 4.84. The summed E-state index contributed by atoms with van der Waals surface area (Å²) in [5, 5.41) is 4.32. The number of hydrogen-bond donors (Lipinski definition) is 0. The van der Waals surface area contributed by atoms with Crippen LogP contribution in [0.4, 0.5) is 23.4 Å². The summed E-state index contributed by atoms with van der Waals surface area (Å²) in [6.07, 6.45) is -2.16. The van der Waals surface area contributed by atoms with E-state index in [2.05, 4.69) is 15.1 Å². The number of rotatable bonds is 5. The minimum Gasteiger partial charge on any atom is -0.289 e. The number of fused-ring (bicyclic) bond motifs is 1. The molecule has 0 aliphatic rings. The maximum absolute atomic E-state index is 13.5. The van der Waals surface area contributed by atoms with Crippen molar-refractivity contribution < 1.29 is 22.4 Å². The molecule has 0 atom stereocenters. The number of halogens is 4. The van der Waals surface area contributed by atoms with E-state index in [1.54, 1.807) is 50.4 Å². The Bertz CT molecular complexity index is 1300. The standard InChI is InChI=1S/C23H19F4N5O/c1-14(2)13-31(22(33)23(25,26)27)19-12-16(9-11-28-19)21-20(15-5-7-17(24)8-6-15)30-18-4-3-10-29-32(18)21/h3-12,14H,13H2,1-2H3. The Morgan fingerprint density at radius 3 is 2.45 bits per heavy atom. The van der Waals surface area contributed by atoms with Crippen molar-refractivity contribution in [2.45, 2.75) is 20.0 Å². The summed E-state index contributed by atoms with van der Waals surface area (Å²) in [4.78, 5) is 21.4. The SMILES string of the molecule is CC(C)CN(C(=O)C(F)(F)F)c1cc(-c2c(-c3ccc(F)cc3)nc3cccnn23)ccn1. The van der Waals surface area contributed by atoms with E-state index in [4.69, 9.17) is 0 Å². The summed E-state index contributed by atoms with van der Waals surface area (Å²) < 4.78 is 54.8. The molecule has 0 aliphatic heterocycles.